The van der Waals surface area contributed by atoms with Gasteiger partial charge in [-0.15, -0.1) is 0 Å². The Bertz CT molecular complexity index is 761. The van der Waals surface area contributed by atoms with Crippen LogP contribution in [-0.4, -0.2) is 15.0 Å². The molecule has 0 amide bonds. The summed E-state index contributed by atoms with van der Waals surface area (Å²) < 4.78 is 0. The van der Waals surface area contributed by atoms with Gasteiger partial charge in [0.15, 0.2) is 5.82 Å². The molecule has 1 aromatic carbocycles. The Kier molecular flexibility index (Phi) is 3.66. The zero-order chi connectivity index (χ0) is 14.7. The number of hydrogen-bond acceptors (Lipinski definition) is 5. The number of nitrogens with zero attached hydrogens (tertiary/aromatic N) is 3. The van der Waals surface area contributed by atoms with Crippen LogP contribution in [0.1, 0.15) is 0 Å². The van der Waals surface area contributed by atoms with E-state index >= 15 is 0 Å². The Morgan fingerprint density at radius 2 is 1.81 bits per heavy atom. The van der Waals surface area contributed by atoms with Gasteiger partial charge in [0.25, 0.3) is 0 Å². The first-order chi connectivity index (χ1) is 10.2. The first-order valence-corrected chi connectivity index (χ1v) is 6.66. The van der Waals surface area contributed by atoms with Crippen molar-refractivity contribution in [3.63, 3.8) is 0 Å². The van der Waals surface area contributed by atoms with Gasteiger partial charge in [-0.3, -0.25) is 4.98 Å². The second-order valence-corrected chi connectivity index (χ2v) is 4.81. The van der Waals surface area contributed by atoms with E-state index in [1.54, 1.807) is 30.6 Å². The fourth-order valence-corrected chi connectivity index (χ4v) is 2.06. The lowest BCUT2D eigenvalue weighted by Crippen LogP contribution is -2.01. The summed E-state index contributed by atoms with van der Waals surface area (Å²) in [6, 6.07) is 12.7. The number of nitrogens with two attached hydrogens (primary N) is 1. The number of rotatable bonds is 3. The summed E-state index contributed by atoms with van der Waals surface area (Å²) in [5.74, 6) is 1.52. The van der Waals surface area contributed by atoms with E-state index in [1.165, 1.54) is 0 Å². The molecule has 3 N–H and O–H groups in total. The van der Waals surface area contributed by atoms with Crippen molar-refractivity contribution in [1.82, 2.24) is 15.0 Å². The fourth-order valence-electron chi connectivity index (χ4n) is 1.87. The first-order valence-electron chi connectivity index (χ1n) is 6.28. The van der Waals surface area contributed by atoms with Gasteiger partial charge in [-0.1, -0.05) is 23.7 Å². The van der Waals surface area contributed by atoms with E-state index in [1.807, 2.05) is 24.3 Å². The lowest BCUT2D eigenvalue weighted by molar-refractivity contribution is 1.18. The highest BCUT2D eigenvalue weighted by Crippen LogP contribution is 2.23. The smallest absolute Gasteiger partial charge is 0.163 e. The van der Waals surface area contributed by atoms with Crippen LogP contribution < -0.4 is 11.1 Å². The molecule has 104 valence electrons. The topological polar surface area (TPSA) is 76.7 Å². The van der Waals surface area contributed by atoms with Crippen LogP contribution in [-0.2, 0) is 0 Å². The monoisotopic (exact) mass is 297 g/mol. The van der Waals surface area contributed by atoms with Gasteiger partial charge in [-0.2, -0.15) is 0 Å². The molecule has 0 radical (unpaired) electrons. The molecule has 0 aliphatic carbocycles. The van der Waals surface area contributed by atoms with Crippen molar-refractivity contribution in [3.8, 4) is 11.4 Å². The highest BCUT2D eigenvalue weighted by molar-refractivity contribution is 6.30. The maximum Gasteiger partial charge on any atom is 0.163 e. The van der Waals surface area contributed by atoms with Gasteiger partial charge in [0.05, 0.1) is 0 Å². The quantitative estimate of drug-likeness (QED) is 0.773. The van der Waals surface area contributed by atoms with Crippen LogP contribution in [0.3, 0.4) is 0 Å². The fraction of sp³-hybridized carbons (Fsp3) is 0. The zero-order valence-corrected chi connectivity index (χ0v) is 11.7. The second-order valence-electron chi connectivity index (χ2n) is 4.37. The van der Waals surface area contributed by atoms with E-state index in [0.29, 0.717) is 22.5 Å². The van der Waals surface area contributed by atoms with Gasteiger partial charge in [-0.05, 0) is 24.3 Å². The molecule has 0 fully saturated rings. The van der Waals surface area contributed by atoms with Crippen LogP contribution in [0, 0.1) is 0 Å². The maximum atomic E-state index is 5.99. The van der Waals surface area contributed by atoms with Gasteiger partial charge >= 0.3 is 0 Å². The van der Waals surface area contributed by atoms with Crippen molar-refractivity contribution < 1.29 is 0 Å². The molecule has 0 unspecified atom stereocenters. The molecule has 0 spiro atoms. The summed E-state index contributed by atoms with van der Waals surface area (Å²) in [6.45, 7) is 0. The number of halogens is 1. The van der Waals surface area contributed by atoms with Crippen LogP contribution in [0.15, 0.2) is 54.9 Å². The van der Waals surface area contributed by atoms with Gasteiger partial charge in [0.1, 0.15) is 11.6 Å². The molecule has 0 saturated carbocycles. The molecular formula is C15H12ClN5. The molecule has 2 heterocycles. The van der Waals surface area contributed by atoms with Crippen molar-refractivity contribution >= 4 is 28.9 Å². The molecule has 0 bridgehead atoms. The second kappa shape index (κ2) is 5.76. The average Bonchev–Trinajstić information content (AvgIpc) is 2.48. The molecular weight excluding hydrogens is 286 g/mol. The van der Waals surface area contributed by atoms with Crippen LogP contribution >= 0.6 is 11.6 Å². The van der Waals surface area contributed by atoms with Crippen LogP contribution in [0.2, 0.25) is 5.02 Å². The number of anilines is 3. The molecule has 5 nitrogen and oxygen atoms in total. The Hall–Kier alpha value is -2.66. The molecule has 21 heavy (non-hydrogen) atoms. The number of benzene rings is 1. The molecule has 0 saturated heterocycles. The highest BCUT2D eigenvalue weighted by Gasteiger charge is 2.06. The third-order valence-corrected chi connectivity index (χ3v) is 3.02. The minimum atomic E-state index is 0.386. The van der Waals surface area contributed by atoms with Gasteiger partial charge in [-0.25, -0.2) is 9.97 Å². The normalized spacial score (nSPS) is 10.3. The predicted molar refractivity (Wildman–Crippen MR) is 84.4 cm³/mol. The first kappa shape index (κ1) is 13.3. The predicted octanol–water partition coefficient (Wildman–Crippen LogP) is 3.52. The SMILES string of the molecule is Nc1cc(Nc2ccncc2)nc(-c2cccc(Cl)c2)n1. The Morgan fingerprint density at radius 3 is 2.57 bits per heavy atom. The van der Waals surface area contributed by atoms with Gasteiger partial charge < -0.3 is 11.1 Å². The number of nitrogen functional groups attached to an aromatic ring is 1. The van der Waals surface area contributed by atoms with E-state index in [9.17, 15) is 0 Å². The average molecular weight is 298 g/mol. The highest BCUT2D eigenvalue weighted by atomic mass is 35.5. The summed E-state index contributed by atoms with van der Waals surface area (Å²) in [5, 5.41) is 3.79. The third-order valence-electron chi connectivity index (χ3n) is 2.78. The largest absolute Gasteiger partial charge is 0.384 e. The van der Waals surface area contributed by atoms with E-state index < -0.39 is 0 Å². The van der Waals surface area contributed by atoms with Crippen molar-refractivity contribution in [3.05, 3.63) is 59.9 Å². The Labute approximate surface area is 126 Å². The van der Waals surface area contributed by atoms with Crippen molar-refractivity contribution in [2.24, 2.45) is 0 Å². The van der Waals surface area contributed by atoms with Crippen LogP contribution in [0.5, 0.6) is 0 Å². The number of aromatic nitrogens is 3. The van der Waals surface area contributed by atoms with Gasteiger partial charge in [0.2, 0.25) is 0 Å². The van der Waals surface area contributed by atoms with Crippen LogP contribution in [0.4, 0.5) is 17.3 Å². The summed E-state index contributed by atoms with van der Waals surface area (Å²) in [6.07, 6.45) is 3.40. The molecule has 2 aromatic heterocycles. The summed E-state index contributed by atoms with van der Waals surface area (Å²) >= 11 is 5.99. The molecule has 0 aliphatic heterocycles. The lowest BCUT2D eigenvalue weighted by Gasteiger charge is -2.08. The zero-order valence-electron chi connectivity index (χ0n) is 11.0. The molecule has 0 aliphatic rings. The van der Waals surface area contributed by atoms with Crippen molar-refractivity contribution in [2.45, 2.75) is 0 Å². The number of pyridine rings is 1. The van der Waals surface area contributed by atoms with E-state index in [-0.39, 0.29) is 0 Å². The Morgan fingerprint density at radius 1 is 1.00 bits per heavy atom. The number of hydrogen-bond donors (Lipinski definition) is 2. The minimum absolute atomic E-state index is 0.386. The molecule has 0 atom stereocenters. The van der Waals surface area contributed by atoms with E-state index in [0.717, 1.165) is 11.3 Å². The van der Waals surface area contributed by atoms with Crippen molar-refractivity contribution in [2.75, 3.05) is 11.1 Å². The minimum Gasteiger partial charge on any atom is -0.384 e. The molecule has 3 aromatic rings. The number of nitrogens with one attached hydrogen (secondary N) is 1. The standard InChI is InChI=1S/C15H12ClN5/c16-11-3-1-2-10(8-11)15-20-13(17)9-14(21-15)19-12-4-6-18-7-5-12/h1-9H,(H3,17,18,19,20,21). The summed E-state index contributed by atoms with van der Waals surface area (Å²) in [5.41, 5.74) is 7.54. The maximum absolute atomic E-state index is 5.99. The van der Waals surface area contributed by atoms with Crippen molar-refractivity contribution in [1.29, 1.82) is 0 Å². The molecule has 3 rings (SSSR count). The third kappa shape index (κ3) is 3.27. The van der Waals surface area contributed by atoms with Gasteiger partial charge in [0, 0.05) is 34.7 Å². The van der Waals surface area contributed by atoms with E-state index in [4.69, 9.17) is 17.3 Å². The molecule has 6 heteroatoms. The lowest BCUT2D eigenvalue weighted by atomic mass is 10.2. The Balaban J connectivity index is 1.97. The van der Waals surface area contributed by atoms with Crippen LogP contribution in [0.25, 0.3) is 11.4 Å². The summed E-state index contributed by atoms with van der Waals surface area (Å²) in [7, 11) is 0. The van der Waals surface area contributed by atoms with E-state index in [2.05, 4.69) is 20.3 Å². The summed E-state index contributed by atoms with van der Waals surface area (Å²) in [4.78, 5) is 12.7.